The molecule has 0 aliphatic heterocycles. The number of carboxylic acid groups (broad SMARTS) is 1. The van der Waals surface area contributed by atoms with E-state index < -0.39 is 17.9 Å². The molecular formula is C32H30ClNO3. The van der Waals surface area contributed by atoms with E-state index in [0.29, 0.717) is 0 Å². The van der Waals surface area contributed by atoms with E-state index in [4.69, 9.17) is 11.6 Å². The summed E-state index contributed by atoms with van der Waals surface area (Å²) in [4.78, 5) is 25.1. The smallest absolute Gasteiger partial charge is 0.326 e. The third-order valence-electron chi connectivity index (χ3n) is 6.40. The molecule has 0 saturated heterocycles. The second kappa shape index (κ2) is 11.0. The fourth-order valence-corrected chi connectivity index (χ4v) is 4.38. The number of hydrogen-bond donors (Lipinski definition) is 2. The SMILES string of the molecule is CC(C)(C)c1ccc(-c2ccc(Cl)c(C(=O)N[C@@H](Cc3ccc(-c4ccccc4)cc3)C(=O)O)c2)cc1. The van der Waals surface area contributed by atoms with Gasteiger partial charge in [-0.3, -0.25) is 4.79 Å². The highest BCUT2D eigenvalue weighted by molar-refractivity contribution is 6.34. The summed E-state index contributed by atoms with van der Waals surface area (Å²) in [5, 5.41) is 12.7. The highest BCUT2D eigenvalue weighted by Crippen LogP contribution is 2.29. The van der Waals surface area contributed by atoms with E-state index in [-0.39, 0.29) is 22.4 Å². The first-order chi connectivity index (χ1) is 17.6. The van der Waals surface area contributed by atoms with Crippen molar-refractivity contribution in [3.8, 4) is 22.3 Å². The average molecular weight is 512 g/mol. The predicted octanol–water partition coefficient (Wildman–Crippen LogP) is 7.40. The van der Waals surface area contributed by atoms with Crippen LogP contribution in [0.2, 0.25) is 5.02 Å². The highest BCUT2D eigenvalue weighted by Gasteiger charge is 2.23. The molecule has 0 saturated carbocycles. The van der Waals surface area contributed by atoms with E-state index >= 15 is 0 Å². The topological polar surface area (TPSA) is 66.4 Å². The van der Waals surface area contributed by atoms with Crippen LogP contribution in [0.4, 0.5) is 0 Å². The predicted molar refractivity (Wildman–Crippen MR) is 150 cm³/mol. The number of amides is 1. The summed E-state index contributed by atoms with van der Waals surface area (Å²) in [6.07, 6.45) is 0.154. The van der Waals surface area contributed by atoms with Crippen molar-refractivity contribution in [3.63, 3.8) is 0 Å². The molecule has 0 bridgehead atoms. The summed E-state index contributed by atoms with van der Waals surface area (Å²) < 4.78 is 0. The summed E-state index contributed by atoms with van der Waals surface area (Å²) in [6.45, 7) is 6.47. The second-order valence-electron chi connectivity index (χ2n) is 10.2. The van der Waals surface area contributed by atoms with E-state index in [2.05, 4.69) is 38.2 Å². The van der Waals surface area contributed by atoms with Crippen molar-refractivity contribution >= 4 is 23.5 Å². The van der Waals surface area contributed by atoms with Crippen molar-refractivity contribution in [1.29, 1.82) is 0 Å². The van der Waals surface area contributed by atoms with Crippen LogP contribution >= 0.6 is 11.6 Å². The highest BCUT2D eigenvalue weighted by atomic mass is 35.5. The zero-order valence-corrected chi connectivity index (χ0v) is 21.9. The molecule has 0 spiro atoms. The van der Waals surface area contributed by atoms with Crippen molar-refractivity contribution in [3.05, 3.63) is 119 Å². The first kappa shape index (κ1) is 26.2. The van der Waals surface area contributed by atoms with Gasteiger partial charge >= 0.3 is 5.97 Å². The lowest BCUT2D eigenvalue weighted by Crippen LogP contribution is -2.42. The summed E-state index contributed by atoms with van der Waals surface area (Å²) in [7, 11) is 0. The molecule has 1 atom stereocenters. The van der Waals surface area contributed by atoms with Crippen molar-refractivity contribution in [1.82, 2.24) is 5.32 Å². The van der Waals surface area contributed by atoms with Crippen LogP contribution in [-0.4, -0.2) is 23.0 Å². The second-order valence-corrected chi connectivity index (χ2v) is 10.6. The van der Waals surface area contributed by atoms with Gasteiger partial charge in [-0.15, -0.1) is 0 Å². The first-order valence-electron chi connectivity index (χ1n) is 12.2. The maximum Gasteiger partial charge on any atom is 0.326 e. The average Bonchev–Trinajstić information content (AvgIpc) is 2.89. The molecule has 37 heavy (non-hydrogen) atoms. The van der Waals surface area contributed by atoms with E-state index in [1.807, 2.05) is 72.8 Å². The van der Waals surface area contributed by atoms with Crippen LogP contribution in [-0.2, 0) is 16.6 Å². The maximum atomic E-state index is 13.1. The van der Waals surface area contributed by atoms with Gasteiger partial charge in [-0.25, -0.2) is 4.79 Å². The van der Waals surface area contributed by atoms with Gasteiger partial charge in [0.15, 0.2) is 0 Å². The number of carbonyl (C=O) groups excluding carboxylic acids is 1. The lowest BCUT2D eigenvalue weighted by Gasteiger charge is -2.19. The van der Waals surface area contributed by atoms with E-state index in [9.17, 15) is 14.7 Å². The molecule has 0 aliphatic carbocycles. The van der Waals surface area contributed by atoms with Gasteiger partial charge in [0, 0.05) is 6.42 Å². The minimum absolute atomic E-state index is 0.0390. The van der Waals surface area contributed by atoms with Crippen molar-refractivity contribution in [2.24, 2.45) is 0 Å². The van der Waals surface area contributed by atoms with E-state index in [1.54, 1.807) is 12.1 Å². The van der Waals surface area contributed by atoms with Crippen LogP contribution in [0.1, 0.15) is 42.3 Å². The minimum atomic E-state index is -1.11. The molecule has 4 rings (SSSR count). The number of aliphatic carboxylic acids is 1. The number of benzene rings is 4. The van der Waals surface area contributed by atoms with Gasteiger partial charge in [-0.05, 0) is 50.9 Å². The Kier molecular flexibility index (Phi) is 7.80. The van der Waals surface area contributed by atoms with Crippen LogP contribution in [0.5, 0.6) is 0 Å². The number of hydrogen-bond acceptors (Lipinski definition) is 2. The van der Waals surface area contributed by atoms with Crippen LogP contribution < -0.4 is 5.32 Å². The summed E-state index contributed by atoms with van der Waals surface area (Å²) in [6, 6.07) is 30.0. The van der Waals surface area contributed by atoms with E-state index in [1.165, 1.54) is 5.56 Å². The maximum absolute atomic E-state index is 13.1. The van der Waals surface area contributed by atoms with Gasteiger partial charge in [-0.2, -0.15) is 0 Å². The van der Waals surface area contributed by atoms with Gasteiger partial charge in [0.2, 0.25) is 0 Å². The van der Waals surface area contributed by atoms with Gasteiger partial charge < -0.3 is 10.4 Å². The van der Waals surface area contributed by atoms with Crippen LogP contribution in [0.15, 0.2) is 97.1 Å². The third kappa shape index (κ3) is 6.46. The largest absolute Gasteiger partial charge is 0.480 e. The Morgan fingerprint density at radius 1 is 0.784 bits per heavy atom. The molecule has 0 aliphatic rings. The monoisotopic (exact) mass is 511 g/mol. The Labute approximate surface area is 222 Å². The molecule has 188 valence electrons. The first-order valence-corrected chi connectivity index (χ1v) is 12.6. The molecule has 4 nitrogen and oxygen atoms in total. The van der Waals surface area contributed by atoms with Gasteiger partial charge in [0.05, 0.1) is 10.6 Å². The number of carboxylic acids is 1. The fourth-order valence-electron chi connectivity index (χ4n) is 4.18. The van der Waals surface area contributed by atoms with Gasteiger partial charge in [-0.1, -0.05) is 117 Å². The lowest BCUT2D eigenvalue weighted by molar-refractivity contribution is -0.139. The van der Waals surface area contributed by atoms with E-state index in [0.717, 1.165) is 27.8 Å². The van der Waals surface area contributed by atoms with Crippen molar-refractivity contribution in [2.45, 2.75) is 38.6 Å². The summed E-state index contributed by atoms with van der Waals surface area (Å²) in [5.74, 6) is -1.63. The summed E-state index contributed by atoms with van der Waals surface area (Å²) >= 11 is 6.35. The van der Waals surface area contributed by atoms with Crippen LogP contribution in [0.25, 0.3) is 22.3 Å². The standard InChI is InChI=1S/C32H30ClNO3/c1-32(2,3)26-16-13-24(14-17-26)25-15-18-28(33)27(20-25)30(35)34-29(31(36)37)19-21-9-11-23(12-10-21)22-7-5-4-6-8-22/h4-18,20,29H,19H2,1-3H3,(H,34,35)(H,36,37)/t29-/m0/s1. The van der Waals surface area contributed by atoms with Crippen LogP contribution in [0.3, 0.4) is 0 Å². The Hall–Kier alpha value is -3.89. The Bertz CT molecular complexity index is 1390. The molecule has 0 radical (unpaired) electrons. The van der Waals surface area contributed by atoms with Gasteiger partial charge in [0.1, 0.15) is 6.04 Å². The number of halogens is 1. The Morgan fingerprint density at radius 3 is 1.92 bits per heavy atom. The fraction of sp³-hybridized carbons (Fsp3) is 0.188. The molecule has 0 heterocycles. The van der Waals surface area contributed by atoms with Crippen LogP contribution in [0, 0.1) is 0 Å². The molecule has 4 aromatic rings. The number of rotatable bonds is 7. The lowest BCUT2D eigenvalue weighted by atomic mass is 9.86. The molecule has 0 fully saturated rings. The Morgan fingerprint density at radius 2 is 1.32 bits per heavy atom. The normalized spacial score (nSPS) is 12.1. The Balaban J connectivity index is 1.50. The minimum Gasteiger partial charge on any atom is -0.480 e. The molecule has 0 unspecified atom stereocenters. The molecule has 1 amide bonds. The molecule has 4 aromatic carbocycles. The molecular weight excluding hydrogens is 482 g/mol. The molecule has 5 heteroatoms. The quantitative estimate of drug-likeness (QED) is 0.271. The number of nitrogens with one attached hydrogen (secondary N) is 1. The number of carbonyl (C=O) groups is 2. The van der Waals surface area contributed by atoms with Gasteiger partial charge in [0.25, 0.3) is 5.91 Å². The zero-order valence-electron chi connectivity index (χ0n) is 21.2. The third-order valence-corrected chi connectivity index (χ3v) is 6.73. The zero-order chi connectivity index (χ0) is 26.6. The molecule has 0 aromatic heterocycles. The van der Waals surface area contributed by atoms with Crippen molar-refractivity contribution in [2.75, 3.05) is 0 Å². The summed E-state index contributed by atoms with van der Waals surface area (Å²) in [5.41, 5.74) is 6.21. The van der Waals surface area contributed by atoms with Crippen molar-refractivity contribution < 1.29 is 14.7 Å². The molecule has 2 N–H and O–H groups in total.